The third-order valence-corrected chi connectivity index (χ3v) is 2.52. The van der Waals surface area contributed by atoms with Gasteiger partial charge in [-0.1, -0.05) is 18.2 Å². The highest BCUT2D eigenvalue weighted by Crippen LogP contribution is 2.32. The van der Waals surface area contributed by atoms with Gasteiger partial charge in [0.15, 0.2) is 0 Å². The zero-order valence-corrected chi connectivity index (χ0v) is 7.99. The Morgan fingerprint density at radius 3 is 3.14 bits per heavy atom. The highest BCUT2D eigenvalue weighted by atomic mass is 16.5. The Labute approximate surface area is 82.3 Å². The number of rotatable bonds is 2. The first-order chi connectivity index (χ1) is 6.68. The van der Waals surface area contributed by atoms with Gasteiger partial charge in [0.1, 0.15) is 0 Å². The fourth-order valence-corrected chi connectivity index (χ4v) is 1.93. The molecule has 0 aliphatic carbocycles. The van der Waals surface area contributed by atoms with Gasteiger partial charge in [-0.25, -0.2) is 0 Å². The lowest BCUT2D eigenvalue weighted by Crippen LogP contribution is -2.04. The second-order valence-electron chi connectivity index (χ2n) is 3.51. The lowest BCUT2D eigenvalue weighted by Gasteiger charge is -2.08. The molecule has 1 N–H and O–H groups in total. The van der Waals surface area contributed by atoms with Gasteiger partial charge in [-0.3, -0.25) is 4.79 Å². The predicted molar refractivity (Wildman–Crippen MR) is 51.0 cm³/mol. The van der Waals surface area contributed by atoms with Crippen LogP contribution in [0.1, 0.15) is 29.7 Å². The Kier molecular flexibility index (Phi) is 2.25. The Morgan fingerprint density at radius 1 is 1.64 bits per heavy atom. The Morgan fingerprint density at radius 2 is 2.43 bits per heavy atom. The average molecular weight is 192 g/mol. The molecule has 0 saturated carbocycles. The van der Waals surface area contributed by atoms with Crippen LogP contribution in [0.4, 0.5) is 0 Å². The van der Waals surface area contributed by atoms with E-state index >= 15 is 0 Å². The van der Waals surface area contributed by atoms with Crippen molar-refractivity contribution in [2.45, 2.75) is 26.1 Å². The molecule has 14 heavy (non-hydrogen) atoms. The molecule has 1 unspecified atom stereocenters. The van der Waals surface area contributed by atoms with E-state index in [-0.39, 0.29) is 12.5 Å². The number of aliphatic carboxylic acids is 1. The highest BCUT2D eigenvalue weighted by Gasteiger charge is 2.22. The van der Waals surface area contributed by atoms with Gasteiger partial charge < -0.3 is 9.84 Å². The summed E-state index contributed by atoms with van der Waals surface area (Å²) in [5.41, 5.74) is 3.06. The number of hydrogen-bond acceptors (Lipinski definition) is 2. The molecule has 0 saturated heterocycles. The van der Waals surface area contributed by atoms with Crippen LogP contribution in [0.3, 0.4) is 0 Å². The molecule has 2 rings (SSSR count). The van der Waals surface area contributed by atoms with Crippen molar-refractivity contribution in [2.75, 3.05) is 0 Å². The topological polar surface area (TPSA) is 46.5 Å². The van der Waals surface area contributed by atoms with Crippen molar-refractivity contribution in [3.8, 4) is 0 Å². The van der Waals surface area contributed by atoms with Crippen LogP contribution in [-0.4, -0.2) is 11.1 Å². The number of carboxylic acid groups (broad SMARTS) is 1. The molecular weight excluding hydrogens is 180 g/mol. The summed E-state index contributed by atoms with van der Waals surface area (Å²) < 4.78 is 5.45. The van der Waals surface area contributed by atoms with Crippen molar-refractivity contribution in [1.82, 2.24) is 0 Å². The molecule has 0 fully saturated rings. The van der Waals surface area contributed by atoms with Crippen LogP contribution in [0.15, 0.2) is 18.2 Å². The Balaban J connectivity index is 2.41. The molecule has 1 atom stereocenters. The van der Waals surface area contributed by atoms with Gasteiger partial charge in [-0.2, -0.15) is 0 Å². The van der Waals surface area contributed by atoms with Crippen molar-refractivity contribution in [3.63, 3.8) is 0 Å². The molecule has 3 heteroatoms. The van der Waals surface area contributed by atoms with Gasteiger partial charge in [0, 0.05) is 0 Å². The number of benzene rings is 1. The fourth-order valence-electron chi connectivity index (χ4n) is 1.93. The van der Waals surface area contributed by atoms with E-state index in [1.807, 2.05) is 25.1 Å². The molecular formula is C11H12O3. The molecule has 3 nitrogen and oxygen atoms in total. The molecule has 1 heterocycles. The minimum absolute atomic E-state index is 0.0283. The SMILES string of the molecule is CC1OCc2cccc(CC(=O)O)c21. The summed E-state index contributed by atoms with van der Waals surface area (Å²) in [7, 11) is 0. The second-order valence-corrected chi connectivity index (χ2v) is 3.51. The lowest BCUT2D eigenvalue weighted by atomic mass is 9.97. The molecule has 1 aromatic carbocycles. The van der Waals surface area contributed by atoms with Crippen molar-refractivity contribution in [3.05, 3.63) is 34.9 Å². The summed E-state index contributed by atoms with van der Waals surface area (Å²) in [6.07, 6.45) is 0.109. The number of fused-ring (bicyclic) bond motifs is 1. The van der Waals surface area contributed by atoms with E-state index in [9.17, 15) is 4.79 Å². The zero-order chi connectivity index (χ0) is 10.1. The number of ether oxygens (including phenoxy) is 1. The molecule has 0 radical (unpaired) electrons. The molecule has 1 aliphatic heterocycles. The van der Waals surface area contributed by atoms with E-state index in [2.05, 4.69) is 0 Å². The largest absolute Gasteiger partial charge is 0.481 e. The maximum Gasteiger partial charge on any atom is 0.307 e. The minimum Gasteiger partial charge on any atom is -0.481 e. The third kappa shape index (κ3) is 1.51. The van der Waals surface area contributed by atoms with Gasteiger partial charge in [-0.05, 0) is 23.6 Å². The van der Waals surface area contributed by atoms with Crippen molar-refractivity contribution >= 4 is 5.97 Å². The van der Waals surface area contributed by atoms with Crippen molar-refractivity contribution in [1.29, 1.82) is 0 Å². The second kappa shape index (κ2) is 3.42. The molecule has 0 aromatic heterocycles. The van der Waals surface area contributed by atoms with Crippen LogP contribution in [0, 0.1) is 0 Å². The predicted octanol–water partition coefficient (Wildman–Crippen LogP) is 1.90. The van der Waals surface area contributed by atoms with Gasteiger partial charge in [0.2, 0.25) is 0 Å². The first kappa shape index (κ1) is 9.21. The molecule has 74 valence electrons. The van der Waals surface area contributed by atoms with Gasteiger partial charge in [0.25, 0.3) is 0 Å². The number of hydrogen-bond donors (Lipinski definition) is 1. The smallest absolute Gasteiger partial charge is 0.307 e. The van der Waals surface area contributed by atoms with Crippen LogP contribution in [0.25, 0.3) is 0 Å². The molecule has 0 amide bonds. The monoisotopic (exact) mass is 192 g/mol. The van der Waals surface area contributed by atoms with Crippen LogP contribution < -0.4 is 0 Å². The summed E-state index contributed by atoms with van der Waals surface area (Å²) in [5, 5.41) is 8.74. The van der Waals surface area contributed by atoms with E-state index in [4.69, 9.17) is 9.84 Å². The van der Waals surface area contributed by atoms with E-state index in [0.717, 1.165) is 16.7 Å². The van der Waals surface area contributed by atoms with Crippen LogP contribution in [0.2, 0.25) is 0 Å². The van der Waals surface area contributed by atoms with E-state index in [0.29, 0.717) is 6.61 Å². The Bertz CT molecular complexity index is 371. The standard InChI is InChI=1S/C11H12O3/c1-7-11-8(5-10(12)13)3-2-4-9(11)6-14-7/h2-4,7H,5-6H2,1H3,(H,12,13). The maximum absolute atomic E-state index is 10.6. The molecule has 1 aromatic rings. The van der Waals surface area contributed by atoms with Gasteiger partial charge in [0.05, 0.1) is 19.1 Å². The van der Waals surface area contributed by atoms with Crippen LogP contribution in [0.5, 0.6) is 0 Å². The third-order valence-electron chi connectivity index (χ3n) is 2.52. The average Bonchev–Trinajstić information content (AvgIpc) is 2.48. The normalized spacial score (nSPS) is 19.4. The van der Waals surface area contributed by atoms with Crippen LogP contribution in [-0.2, 0) is 22.6 Å². The Hall–Kier alpha value is -1.35. The highest BCUT2D eigenvalue weighted by molar-refractivity contribution is 5.71. The van der Waals surface area contributed by atoms with Gasteiger partial charge in [-0.15, -0.1) is 0 Å². The van der Waals surface area contributed by atoms with Crippen LogP contribution >= 0.6 is 0 Å². The first-order valence-electron chi connectivity index (χ1n) is 4.62. The van der Waals surface area contributed by atoms with Gasteiger partial charge >= 0.3 is 5.97 Å². The summed E-state index contributed by atoms with van der Waals surface area (Å²) in [5.74, 6) is -0.794. The molecule has 1 aliphatic rings. The summed E-state index contributed by atoms with van der Waals surface area (Å²) >= 11 is 0. The first-order valence-corrected chi connectivity index (χ1v) is 4.62. The van der Waals surface area contributed by atoms with Crippen molar-refractivity contribution in [2.24, 2.45) is 0 Å². The minimum atomic E-state index is -0.794. The van der Waals surface area contributed by atoms with E-state index in [1.54, 1.807) is 0 Å². The quantitative estimate of drug-likeness (QED) is 0.778. The lowest BCUT2D eigenvalue weighted by molar-refractivity contribution is -0.136. The molecule has 0 spiro atoms. The maximum atomic E-state index is 10.6. The van der Waals surface area contributed by atoms with E-state index in [1.165, 1.54) is 0 Å². The fraction of sp³-hybridized carbons (Fsp3) is 0.364. The number of carbonyl (C=O) groups is 1. The van der Waals surface area contributed by atoms with E-state index < -0.39 is 5.97 Å². The summed E-state index contributed by atoms with van der Waals surface area (Å²) in [4.78, 5) is 10.6. The number of carboxylic acids is 1. The molecule has 0 bridgehead atoms. The van der Waals surface area contributed by atoms with Crippen molar-refractivity contribution < 1.29 is 14.6 Å². The summed E-state index contributed by atoms with van der Waals surface area (Å²) in [6, 6.07) is 5.74. The zero-order valence-electron chi connectivity index (χ0n) is 7.99. The summed E-state index contributed by atoms with van der Waals surface area (Å²) in [6.45, 7) is 2.56.